The predicted octanol–water partition coefficient (Wildman–Crippen LogP) is 3.38. The average molecular weight is 465 g/mol. The van der Waals surface area contributed by atoms with Crippen LogP contribution in [0.4, 0.5) is 23.2 Å². The number of H-pyrrole nitrogens is 1. The largest absolute Gasteiger partial charge is 0.346 e. The van der Waals surface area contributed by atoms with Gasteiger partial charge in [0.1, 0.15) is 11.6 Å². The number of amides is 2. The summed E-state index contributed by atoms with van der Waals surface area (Å²) in [6, 6.07) is 7.39. The van der Waals surface area contributed by atoms with Gasteiger partial charge in [-0.3, -0.25) is 14.7 Å². The van der Waals surface area contributed by atoms with Crippen molar-refractivity contribution >= 4 is 41.4 Å². The Balaban J connectivity index is 1.43. The second-order valence-electron chi connectivity index (χ2n) is 6.22. The third-order valence-electron chi connectivity index (χ3n) is 3.87. The van der Waals surface area contributed by atoms with E-state index in [4.69, 9.17) is 0 Å². The summed E-state index contributed by atoms with van der Waals surface area (Å²) < 4.78 is 52.5. The minimum Gasteiger partial charge on any atom is -0.346 e. The molecule has 2 aromatic carbocycles. The highest BCUT2D eigenvalue weighted by molar-refractivity contribution is 7.99. The first kappa shape index (κ1) is 23.0. The zero-order valence-electron chi connectivity index (χ0n) is 16.2. The number of aromatic nitrogens is 3. The molecule has 1 aromatic heterocycles. The topological polar surface area (TPSA) is 99.8 Å². The van der Waals surface area contributed by atoms with E-state index in [1.807, 2.05) is 5.32 Å². The van der Waals surface area contributed by atoms with E-state index in [0.717, 1.165) is 23.4 Å². The smallest absolute Gasteiger partial charge is 0.243 e. The number of nitrogens with zero attached hydrogens (tertiary/aromatic N) is 2. The molecule has 0 saturated heterocycles. The Morgan fingerprint density at radius 1 is 0.969 bits per heavy atom. The number of nitrogens with one attached hydrogen (secondary N) is 3. The molecule has 0 aliphatic carbocycles. The standard InChI is InChI=1S/C20H15F4N5O2S/c21-12-4-1-11(2-5-12)3-8-15-27-20(29-28-15)32-10-17(31)25-9-16(30)26-14-7-6-13(22)18(23)19(14)24/h1-8H,9-10H2,(H,25,31)(H,26,30)(H,27,28,29). The van der Waals surface area contributed by atoms with Crippen molar-refractivity contribution in [2.24, 2.45) is 0 Å². The van der Waals surface area contributed by atoms with Gasteiger partial charge in [0.15, 0.2) is 17.5 Å². The van der Waals surface area contributed by atoms with Crippen molar-refractivity contribution in [3.8, 4) is 0 Å². The van der Waals surface area contributed by atoms with Crippen LogP contribution in [0.25, 0.3) is 12.2 Å². The Morgan fingerprint density at radius 3 is 2.47 bits per heavy atom. The van der Waals surface area contributed by atoms with E-state index in [0.29, 0.717) is 11.9 Å². The number of carbonyl (C=O) groups is 2. The average Bonchev–Trinajstić information content (AvgIpc) is 3.24. The normalized spacial score (nSPS) is 11.0. The zero-order chi connectivity index (χ0) is 23.1. The van der Waals surface area contributed by atoms with Gasteiger partial charge in [0, 0.05) is 0 Å². The Morgan fingerprint density at radius 2 is 1.72 bits per heavy atom. The van der Waals surface area contributed by atoms with Gasteiger partial charge in [-0.05, 0) is 35.9 Å². The number of thioether (sulfide) groups is 1. The van der Waals surface area contributed by atoms with E-state index in [2.05, 4.69) is 20.5 Å². The molecule has 0 saturated carbocycles. The number of halogens is 4. The number of benzene rings is 2. The van der Waals surface area contributed by atoms with Crippen LogP contribution in [-0.2, 0) is 9.59 Å². The molecule has 12 heteroatoms. The molecule has 7 nitrogen and oxygen atoms in total. The van der Waals surface area contributed by atoms with Gasteiger partial charge in [-0.15, -0.1) is 5.10 Å². The molecule has 3 N–H and O–H groups in total. The van der Waals surface area contributed by atoms with Crippen LogP contribution in [0.15, 0.2) is 41.6 Å². The fourth-order valence-electron chi connectivity index (χ4n) is 2.32. The van der Waals surface area contributed by atoms with Crippen LogP contribution in [0, 0.1) is 23.3 Å². The van der Waals surface area contributed by atoms with Crippen molar-refractivity contribution in [1.82, 2.24) is 20.5 Å². The van der Waals surface area contributed by atoms with Crippen LogP contribution in [0.1, 0.15) is 11.4 Å². The first-order valence-corrected chi connectivity index (χ1v) is 9.99. The fourth-order valence-corrected chi connectivity index (χ4v) is 2.96. The van der Waals surface area contributed by atoms with Gasteiger partial charge in [-0.2, -0.15) is 0 Å². The number of hydrogen-bond acceptors (Lipinski definition) is 5. The lowest BCUT2D eigenvalue weighted by atomic mass is 10.2. The summed E-state index contributed by atoms with van der Waals surface area (Å²) in [5, 5.41) is 11.2. The van der Waals surface area contributed by atoms with Crippen molar-refractivity contribution in [3.05, 3.63) is 71.1 Å². The van der Waals surface area contributed by atoms with Crippen molar-refractivity contribution in [2.75, 3.05) is 17.6 Å². The lowest BCUT2D eigenvalue weighted by molar-refractivity contribution is -0.122. The molecule has 0 aliphatic heterocycles. The van der Waals surface area contributed by atoms with Crippen LogP contribution in [0.3, 0.4) is 0 Å². The molecule has 3 rings (SSSR count). The van der Waals surface area contributed by atoms with E-state index in [1.54, 1.807) is 24.3 Å². The van der Waals surface area contributed by atoms with Gasteiger partial charge in [0.2, 0.25) is 17.0 Å². The number of carbonyl (C=O) groups excluding carboxylic acids is 2. The van der Waals surface area contributed by atoms with Crippen LogP contribution in [0.2, 0.25) is 0 Å². The van der Waals surface area contributed by atoms with Crippen LogP contribution in [-0.4, -0.2) is 39.3 Å². The molecule has 3 aromatic rings. The van der Waals surface area contributed by atoms with Crippen molar-refractivity contribution in [2.45, 2.75) is 5.16 Å². The van der Waals surface area contributed by atoms with Crippen molar-refractivity contribution in [1.29, 1.82) is 0 Å². The Bertz CT molecular complexity index is 1150. The van der Waals surface area contributed by atoms with Crippen LogP contribution < -0.4 is 10.6 Å². The molecule has 0 aliphatic rings. The number of hydrogen-bond donors (Lipinski definition) is 3. The molecular weight excluding hydrogens is 450 g/mol. The molecule has 0 spiro atoms. The molecular formula is C20H15F4N5O2S. The summed E-state index contributed by atoms with van der Waals surface area (Å²) in [7, 11) is 0. The summed E-state index contributed by atoms with van der Waals surface area (Å²) in [4.78, 5) is 27.8. The van der Waals surface area contributed by atoms with E-state index >= 15 is 0 Å². The first-order chi connectivity index (χ1) is 15.3. The Kier molecular flexibility index (Phi) is 7.60. The number of anilines is 1. The quantitative estimate of drug-likeness (QED) is 0.269. The molecule has 32 heavy (non-hydrogen) atoms. The fraction of sp³-hybridized carbons (Fsp3) is 0.100. The summed E-state index contributed by atoms with van der Waals surface area (Å²) in [6.45, 7) is -0.502. The maximum atomic E-state index is 13.5. The second-order valence-corrected chi connectivity index (χ2v) is 7.17. The highest BCUT2D eigenvalue weighted by Crippen LogP contribution is 2.19. The molecule has 0 bridgehead atoms. The van der Waals surface area contributed by atoms with Gasteiger partial charge < -0.3 is 10.6 Å². The van der Waals surface area contributed by atoms with Crippen LogP contribution in [0.5, 0.6) is 0 Å². The van der Waals surface area contributed by atoms with Gasteiger partial charge in [0.05, 0.1) is 18.0 Å². The maximum Gasteiger partial charge on any atom is 0.243 e. The van der Waals surface area contributed by atoms with E-state index in [-0.39, 0.29) is 16.7 Å². The molecule has 1 heterocycles. The molecule has 0 unspecified atom stereocenters. The Labute approximate surface area is 183 Å². The SMILES string of the molecule is O=C(CSc1n[nH]c(C=Cc2ccc(F)cc2)n1)NCC(=O)Nc1ccc(F)c(F)c1F. The monoisotopic (exact) mass is 465 g/mol. The third kappa shape index (κ3) is 6.41. The molecule has 2 amide bonds. The number of aromatic amines is 1. The van der Waals surface area contributed by atoms with Gasteiger partial charge >= 0.3 is 0 Å². The van der Waals surface area contributed by atoms with Gasteiger partial charge in [-0.1, -0.05) is 30.0 Å². The highest BCUT2D eigenvalue weighted by atomic mass is 32.2. The summed E-state index contributed by atoms with van der Waals surface area (Å²) >= 11 is 1.00. The van der Waals surface area contributed by atoms with Crippen molar-refractivity contribution in [3.63, 3.8) is 0 Å². The van der Waals surface area contributed by atoms with Crippen LogP contribution >= 0.6 is 11.8 Å². The lowest BCUT2D eigenvalue weighted by Crippen LogP contribution is -2.34. The highest BCUT2D eigenvalue weighted by Gasteiger charge is 2.15. The van der Waals surface area contributed by atoms with Gasteiger partial charge in [0.25, 0.3) is 0 Å². The number of rotatable bonds is 8. The third-order valence-corrected chi connectivity index (χ3v) is 4.72. The molecule has 0 atom stereocenters. The molecule has 0 radical (unpaired) electrons. The predicted molar refractivity (Wildman–Crippen MR) is 110 cm³/mol. The summed E-state index contributed by atoms with van der Waals surface area (Å²) in [5.74, 6) is -5.99. The van der Waals surface area contributed by atoms with Crippen molar-refractivity contribution < 1.29 is 27.2 Å². The van der Waals surface area contributed by atoms with E-state index < -0.39 is 41.5 Å². The van der Waals surface area contributed by atoms with Gasteiger partial charge in [-0.25, -0.2) is 22.5 Å². The van der Waals surface area contributed by atoms with E-state index in [9.17, 15) is 27.2 Å². The first-order valence-electron chi connectivity index (χ1n) is 9.00. The summed E-state index contributed by atoms with van der Waals surface area (Å²) in [5.41, 5.74) is 0.220. The maximum absolute atomic E-state index is 13.5. The molecule has 166 valence electrons. The Hall–Kier alpha value is -3.67. The summed E-state index contributed by atoms with van der Waals surface area (Å²) in [6.07, 6.45) is 3.33. The zero-order valence-corrected chi connectivity index (χ0v) is 17.0. The lowest BCUT2D eigenvalue weighted by Gasteiger charge is -2.08. The van der Waals surface area contributed by atoms with E-state index in [1.165, 1.54) is 12.1 Å². The minimum atomic E-state index is -1.71. The molecule has 0 fully saturated rings. The minimum absolute atomic E-state index is 0.105. The second kappa shape index (κ2) is 10.6.